The maximum Gasteiger partial charge on any atom is 0.499 e. The first-order valence-corrected chi connectivity index (χ1v) is 14.2. The maximum absolute atomic E-state index is 6.41. The summed E-state index contributed by atoms with van der Waals surface area (Å²) in [4.78, 5) is 0. The van der Waals surface area contributed by atoms with Crippen LogP contribution < -0.4 is 0 Å². The van der Waals surface area contributed by atoms with E-state index in [1.54, 1.807) is 21.3 Å². The lowest BCUT2D eigenvalue weighted by Crippen LogP contribution is -2.54. The summed E-state index contributed by atoms with van der Waals surface area (Å²) in [6, 6.07) is 1.13. The Hall–Kier alpha value is 0.491. The van der Waals surface area contributed by atoms with Crippen molar-refractivity contribution in [1.29, 1.82) is 0 Å². The van der Waals surface area contributed by atoms with Gasteiger partial charge in [0.05, 0.1) is 0 Å². The van der Waals surface area contributed by atoms with Crippen LogP contribution in [0.25, 0.3) is 0 Å². The molecular formula is C10H28O4Si3. The van der Waals surface area contributed by atoms with Crippen LogP contribution in [0.1, 0.15) is 6.92 Å². The maximum atomic E-state index is 6.41. The topological polar surface area (TPSA) is 36.9 Å². The average Bonchev–Trinajstić information content (AvgIpc) is 2.25. The van der Waals surface area contributed by atoms with Gasteiger partial charge in [-0.1, -0.05) is 6.92 Å². The molecule has 0 atom stereocenters. The van der Waals surface area contributed by atoms with Gasteiger partial charge in [-0.25, -0.2) is 0 Å². The van der Waals surface area contributed by atoms with E-state index < -0.39 is 25.4 Å². The van der Waals surface area contributed by atoms with Crippen LogP contribution >= 0.6 is 0 Å². The van der Waals surface area contributed by atoms with E-state index in [1.165, 1.54) is 0 Å². The zero-order chi connectivity index (χ0) is 13.7. The molecule has 0 aliphatic heterocycles. The minimum Gasteiger partial charge on any atom is -0.455 e. The third-order valence-electron chi connectivity index (χ3n) is 2.98. The van der Waals surface area contributed by atoms with E-state index in [-0.39, 0.29) is 0 Å². The molecule has 0 aromatic heterocycles. The summed E-state index contributed by atoms with van der Waals surface area (Å²) in [6.07, 6.45) is 0. The second-order valence-corrected chi connectivity index (χ2v) is 18.0. The monoisotopic (exact) mass is 296 g/mol. The highest BCUT2D eigenvalue weighted by Gasteiger charge is 2.47. The zero-order valence-electron chi connectivity index (χ0n) is 12.5. The standard InChI is InChI=1S/C10H28O4Si3/c1-9-15(5,6)14-16(7,8)10-17(11-2,12-3)13-4/h9-10H2,1-8H3. The van der Waals surface area contributed by atoms with Gasteiger partial charge in [-0.05, 0) is 32.2 Å². The number of hydrogen-bond acceptors (Lipinski definition) is 4. The normalized spacial score (nSPS) is 14.1. The molecule has 0 amide bonds. The second kappa shape index (κ2) is 6.60. The van der Waals surface area contributed by atoms with Crippen molar-refractivity contribution < 1.29 is 17.4 Å². The molecule has 0 saturated heterocycles. The van der Waals surface area contributed by atoms with Gasteiger partial charge in [0.2, 0.25) is 0 Å². The third kappa shape index (κ3) is 5.77. The third-order valence-corrected chi connectivity index (χ3v) is 16.1. The van der Waals surface area contributed by atoms with Crippen LogP contribution in [-0.4, -0.2) is 46.8 Å². The van der Waals surface area contributed by atoms with E-state index in [1.807, 2.05) is 0 Å². The first-order valence-electron chi connectivity index (χ1n) is 6.01. The Labute approximate surface area is 109 Å². The van der Waals surface area contributed by atoms with Crippen LogP contribution in [-0.2, 0) is 17.4 Å². The Morgan fingerprint density at radius 1 is 0.765 bits per heavy atom. The summed E-state index contributed by atoms with van der Waals surface area (Å²) in [6.45, 7) is 11.2. The van der Waals surface area contributed by atoms with Gasteiger partial charge in [0.1, 0.15) is 0 Å². The molecule has 0 N–H and O–H groups in total. The molecule has 4 nitrogen and oxygen atoms in total. The largest absolute Gasteiger partial charge is 0.499 e. The van der Waals surface area contributed by atoms with Gasteiger partial charge in [-0.15, -0.1) is 0 Å². The molecule has 0 rings (SSSR count). The Kier molecular flexibility index (Phi) is 6.79. The fourth-order valence-electron chi connectivity index (χ4n) is 1.84. The van der Waals surface area contributed by atoms with Gasteiger partial charge in [-0.2, -0.15) is 0 Å². The van der Waals surface area contributed by atoms with E-state index in [4.69, 9.17) is 17.4 Å². The summed E-state index contributed by atoms with van der Waals surface area (Å²) in [7, 11) is -0.873. The summed E-state index contributed by atoms with van der Waals surface area (Å²) in [5, 5.41) is 0. The summed E-state index contributed by atoms with van der Waals surface area (Å²) >= 11 is 0. The molecule has 0 aliphatic rings. The lowest BCUT2D eigenvalue weighted by atomic mass is 11.0. The van der Waals surface area contributed by atoms with Gasteiger partial charge in [0.25, 0.3) is 0 Å². The molecule has 0 aliphatic carbocycles. The van der Waals surface area contributed by atoms with Crippen LogP contribution in [0, 0.1) is 0 Å². The highest BCUT2D eigenvalue weighted by molar-refractivity contribution is 6.91. The van der Waals surface area contributed by atoms with Crippen molar-refractivity contribution >= 4 is 25.4 Å². The average molecular weight is 297 g/mol. The van der Waals surface area contributed by atoms with Crippen molar-refractivity contribution in [3.63, 3.8) is 0 Å². The molecule has 0 bridgehead atoms. The minimum absolute atomic E-state index is 0.805. The summed E-state index contributed by atoms with van der Waals surface area (Å²) in [5.74, 6) is 0. The van der Waals surface area contributed by atoms with E-state index in [9.17, 15) is 0 Å². The fourth-order valence-corrected chi connectivity index (χ4v) is 15.7. The molecular weight excluding hydrogens is 268 g/mol. The van der Waals surface area contributed by atoms with Crippen LogP contribution in [0.4, 0.5) is 0 Å². The molecule has 7 heteroatoms. The SMILES string of the molecule is CC[Si](C)(C)O[Si](C)(C)C[Si](OC)(OC)OC. The van der Waals surface area contributed by atoms with Crippen molar-refractivity contribution in [2.24, 2.45) is 0 Å². The van der Waals surface area contributed by atoms with Gasteiger partial charge in [0.15, 0.2) is 16.6 Å². The molecule has 0 aromatic carbocycles. The van der Waals surface area contributed by atoms with E-state index in [2.05, 4.69) is 33.1 Å². The number of hydrogen-bond donors (Lipinski definition) is 0. The molecule has 0 radical (unpaired) electrons. The first kappa shape index (κ1) is 17.5. The van der Waals surface area contributed by atoms with Crippen molar-refractivity contribution in [2.75, 3.05) is 21.3 Å². The van der Waals surface area contributed by atoms with Crippen molar-refractivity contribution in [2.45, 2.75) is 44.8 Å². The van der Waals surface area contributed by atoms with Gasteiger partial charge in [0, 0.05) is 27.0 Å². The summed E-state index contributed by atoms with van der Waals surface area (Å²) < 4.78 is 22.9. The molecule has 0 unspecified atom stereocenters. The predicted octanol–water partition coefficient (Wildman–Crippen LogP) is 2.85. The van der Waals surface area contributed by atoms with E-state index in [0.717, 1.165) is 11.7 Å². The predicted molar refractivity (Wildman–Crippen MR) is 78.1 cm³/mol. The van der Waals surface area contributed by atoms with Crippen LogP contribution in [0.5, 0.6) is 0 Å². The molecule has 104 valence electrons. The van der Waals surface area contributed by atoms with Crippen LogP contribution in [0.2, 0.25) is 37.9 Å². The molecule has 0 fully saturated rings. The van der Waals surface area contributed by atoms with Gasteiger partial charge >= 0.3 is 8.80 Å². The van der Waals surface area contributed by atoms with Crippen LogP contribution in [0.3, 0.4) is 0 Å². The molecule has 0 heterocycles. The Morgan fingerprint density at radius 2 is 1.18 bits per heavy atom. The second-order valence-electron chi connectivity index (χ2n) is 5.45. The lowest BCUT2D eigenvalue weighted by Gasteiger charge is -2.37. The van der Waals surface area contributed by atoms with Crippen molar-refractivity contribution in [1.82, 2.24) is 0 Å². The molecule has 17 heavy (non-hydrogen) atoms. The zero-order valence-corrected chi connectivity index (χ0v) is 15.5. The molecule has 0 spiro atoms. The minimum atomic E-state index is -2.51. The number of rotatable bonds is 8. The quantitative estimate of drug-likeness (QED) is 0.645. The van der Waals surface area contributed by atoms with E-state index >= 15 is 0 Å². The molecule has 0 saturated carbocycles. The van der Waals surface area contributed by atoms with Gasteiger partial charge in [-0.3, -0.25) is 0 Å². The van der Waals surface area contributed by atoms with E-state index in [0.29, 0.717) is 0 Å². The van der Waals surface area contributed by atoms with Crippen LogP contribution in [0.15, 0.2) is 0 Å². The molecule has 0 aromatic rings. The van der Waals surface area contributed by atoms with Gasteiger partial charge < -0.3 is 17.4 Å². The highest BCUT2D eigenvalue weighted by Crippen LogP contribution is 2.26. The highest BCUT2D eigenvalue weighted by atomic mass is 28.5. The Bertz CT molecular complexity index is 221. The van der Waals surface area contributed by atoms with Crippen molar-refractivity contribution in [3.8, 4) is 0 Å². The smallest absolute Gasteiger partial charge is 0.455 e. The Morgan fingerprint density at radius 3 is 1.47 bits per heavy atom. The Balaban J connectivity index is 4.72. The lowest BCUT2D eigenvalue weighted by molar-refractivity contribution is 0.127. The fraction of sp³-hybridized carbons (Fsp3) is 1.00. The summed E-state index contributed by atoms with van der Waals surface area (Å²) in [5.41, 5.74) is 0.805. The van der Waals surface area contributed by atoms with Crippen molar-refractivity contribution in [3.05, 3.63) is 0 Å². The first-order chi connectivity index (χ1) is 7.66.